The zero-order valence-electron chi connectivity index (χ0n) is 16.7. The molecule has 1 saturated heterocycles. The molecule has 1 fully saturated rings. The SMILES string of the molecule is CCN(CC)C(CN[C@H]1CS(=O)(=O)C[C@@H]1S(=O)(=O)c1cccs1)c1ccccc1. The average molecular weight is 457 g/mol. The van der Waals surface area contributed by atoms with Crippen molar-refractivity contribution in [2.24, 2.45) is 0 Å². The number of rotatable bonds is 9. The van der Waals surface area contributed by atoms with E-state index in [4.69, 9.17) is 0 Å². The Morgan fingerprint density at radius 1 is 1.10 bits per heavy atom. The molecular weight excluding hydrogens is 428 g/mol. The molecule has 1 unspecified atom stereocenters. The van der Waals surface area contributed by atoms with Gasteiger partial charge in [0.25, 0.3) is 0 Å². The number of sulfone groups is 2. The van der Waals surface area contributed by atoms with Gasteiger partial charge in [-0.2, -0.15) is 0 Å². The Kier molecular flexibility index (Phi) is 7.16. The Hall–Kier alpha value is -1.26. The van der Waals surface area contributed by atoms with Crippen molar-refractivity contribution in [3.8, 4) is 0 Å². The van der Waals surface area contributed by atoms with Crippen LogP contribution in [0, 0.1) is 0 Å². The number of nitrogens with one attached hydrogen (secondary N) is 1. The molecule has 1 aromatic heterocycles. The summed E-state index contributed by atoms with van der Waals surface area (Å²) in [7, 11) is -7.11. The quantitative estimate of drug-likeness (QED) is 0.624. The molecule has 3 atom stereocenters. The number of likely N-dealkylation sites (N-methyl/N-ethyl adjacent to an activating group) is 1. The zero-order valence-corrected chi connectivity index (χ0v) is 19.1. The maximum absolute atomic E-state index is 13.1. The average Bonchev–Trinajstić information content (AvgIpc) is 3.34. The summed E-state index contributed by atoms with van der Waals surface area (Å²) < 4.78 is 51.0. The normalized spacial score (nSPS) is 22.7. The van der Waals surface area contributed by atoms with Gasteiger partial charge in [-0.15, -0.1) is 11.3 Å². The highest BCUT2D eigenvalue weighted by molar-refractivity contribution is 7.97. The van der Waals surface area contributed by atoms with Gasteiger partial charge < -0.3 is 5.32 Å². The lowest BCUT2D eigenvalue weighted by Gasteiger charge is -2.32. The van der Waals surface area contributed by atoms with E-state index in [0.717, 1.165) is 30.0 Å². The lowest BCUT2D eigenvalue weighted by atomic mass is 10.0. The van der Waals surface area contributed by atoms with Crippen LogP contribution in [-0.4, -0.2) is 64.2 Å². The molecule has 0 radical (unpaired) electrons. The molecule has 0 saturated carbocycles. The largest absolute Gasteiger partial charge is 0.310 e. The van der Waals surface area contributed by atoms with Crippen molar-refractivity contribution in [3.05, 3.63) is 53.4 Å². The standard InChI is InChI=1S/C20H28N2O4S3/c1-3-22(4-2)18(16-9-6-5-7-10-16)13-21-17-14-28(23,24)15-19(17)29(25,26)20-11-8-12-27-20/h5-12,17-19,21H,3-4,13-15H2,1-2H3/t17-,18?,19-/m0/s1. The number of benzene rings is 1. The van der Waals surface area contributed by atoms with Crippen LogP contribution in [-0.2, 0) is 19.7 Å². The molecule has 1 aliphatic rings. The van der Waals surface area contributed by atoms with E-state index in [9.17, 15) is 16.8 Å². The van der Waals surface area contributed by atoms with Crippen LogP contribution in [0.3, 0.4) is 0 Å². The van der Waals surface area contributed by atoms with Crippen molar-refractivity contribution >= 4 is 31.0 Å². The first-order valence-corrected chi connectivity index (χ1v) is 14.0. The second kappa shape index (κ2) is 9.26. The van der Waals surface area contributed by atoms with Crippen molar-refractivity contribution in [1.82, 2.24) is 10.2 Å². The monoisotopic (exact) mass is 456 g/mol. The van der Waals surface area contributed by atoms with Crippen LogP contribution in [0.1, 0.15) is 25.5 Å². The van der Waals surface area contributed by atoms with Crippen LogP contribution in [0.25, 0.3) is 0 Å². The summed E-state index contributed by atoms with van der Waals surface area (Å²) in [5, 5.41) is 4.05. The van der Waals surface area contributed by atoms with E-state index in [-0.39, 0.29) is 21.8 Å². The Morgan fingerprint density at radius 2 is 1.79 bits per heavy atom. The molecule has 2 heterocycles. The summed E-state index contributed by atoms with van der Waals surface area (Å²) >= 11 is 1.13. The van der Waals surface area contributed by atoms with Gasteiger partial charge in [-0.1, -0.05) is 50.2 Å². The third kappa shape index (κ3) is 5.08. The predicted octanol–water partition coefficient (Wildman–Crippen LogP) is 2.36. The first-order chi connectivity index (χ1) is 13.8. The van der Waals surface area contributed by atoms with Gasteiger partial charge in [0.2, 0.25) is 0 Å². The zero-order chi connectivity index (χ0) is 21.1. The van der Waals surface area contributed by atoms with Crippen LogP contribution in [0.2, 0.25) is 0 Å². The maximum atomic E-state index is 13.1. The molecule has 6 nitrogen and oxygen atoms in total. The number of thiophene rings is 1. The van der Waals surface area contributed by atoms with E-state index in [1.54, 1.807) is 17.5 Å². The highest BCUT2D eigenvalue weighted by atomic mass is 32.2. The van der Waals surface area contributed by atoms with Gasteiger partial charge in [0.05, 0.1) is 16.8 Å². The van der Waals surface area contributed by atoms with Gasteiger partial charge in [-0.05, 0) is 30.1 Å². The molecule has 1 aliphatic heterocycles. The minimum atomic E-state index is -3.70. The van der Waals surface area contributed by atoms with Crippen molar-refractivity contribution in [2.75, 3.05) is 31.1 Å². The molecular formula is C20H28N2O4S3. The summed E-state index contributed by atoms with van der Waals surface area (Å²) in [4.78, 5) is 2.29. The second-order valence-corrected chi connectivity index (χ2v) is 12.8. The minimum absolute atomic E-state index is 0.0413. The fraction of sp³-hybridized carbons (Fsp3) is 0.500. The second-order valence-electron chi connectivity index (χ2n) is 7.25. The highest BCUT2D eigenvalue weighted by Gasteiger charge is 2.46. The highest BCUT2D eigenvalue weighted by Crippen LogP contribution is 2.29. The molecule has 0 aliphatic carbocycles. The van der Waals surface area contributed by atoms with Crippen molar-refractivity contribution < 1.29 is 16.8 Å². The Balaban J connectivity index is 1.84. The summed E-state index contributed by atoms with van der Waals surface area (Å²) in [6.07, 6.45) is 0. The van der Waals surface area contributed by atoms with Gasteiger partial charge in [-0.25, -0.2) is 16.8 Å². The van der Waals surface area contributed by atoms with Crippen LogP contribution in [0.5, 0.6) is 0 Å². The third-order valence-corrected chi connectivity index (χ3v) is 11.1. The smallest absolute Gasteiger partial charge is 0.193 e. The van der Waals surface area contributed by atoms with Crippen molar-refractivity contribution in [1.29, 1.82) is 0 Å². The molecule has 1 N–H and O–H groups in total. The van der Waals surface area contributed by atoms with E-state index in [1.165, 1.54) is 0 Å². The van der Waals surface area contributed by atoms with Gasteiger partial charge in [0.1, 0.15) is 4.21 Å². The van der Waals surface area contributed by atoms with Gasteiger partial charge >= 0.3 is 0 Å². The molecule has 29 heavy (non-hydrogen) atoms. The Labute approximate surface area is 177 Å². The van der Waals surface area contributed by atoms with Gasteiger partial charge in [-0.3, -0.25) is 4.90 Å². The van der Waals surface area contributed by atoms with E-state index in [2.05, 4.69) is 36.2 Å². The number of hydrogen-bond donors (Lipinski definition) is 1. The van der Waals surface area contributed by atoms with Crippen molar-refractivity contribution in [3.63, 3.8) is 0 Å². The van der Waals surface area contributed by atoms with Crippen molar-refractivity contribution in [2.45, 2.75) is 35.4 Å². The summed E-state index contributed by atoms with van der Waals surface area (Å²) in [5.74, 6) is -0.478. The molecule has 0 amide bonds. The summed E-state index contributed by atoms with van der Waals surface area (Å²) in [6, 6.07) is 12.7. The van der Waals surface area contributed by atoms with Gasteiger partial charge in [0.15, 0.2) is 19.7 Å². The molecule has 160 valence electrons. The molecule has 9 heteroatoms. The third-order valence-electron chi connectivity index (χ3n) is 5.49. The Morgan fingerprint density at radius 3 is 2.38 bits per heavy atom. The van der Waals surface area contributed by atoms with E-state index in [0.29, 0.717) is 6.54 Å². The molecule has 1 aromatic carbocycles. The Bertz CT molecular complexity index is 986. The molecule has 0 bridgehead atoms. The fourth-order valence-electron chi connectivity index (χ4n) is 3.95. The van der Waals surface area contributed by atoms with Crippen LogP contribution < -0.4 is 5.32 Å². The molecule has 3 rings (SSSR count). The van der Waals surface area contributed by atoms with E-state index in [1.807, 2.05) is 18.2 Å². The molecule has 2 aromatic rings. The summed E-state index contributed by atoms with van der Waals surface area (Å²) in [6.45, 7) is 6.35. The lowest BCUT2D eigenvalue weighted by molar-refractivity contribution is 0.209. The van der Waals surface area contributed by atoms with E-state index >= 15 is 0 Å². The van der Waals surface area contributed by atoms with E-state index < -0.39 is 31.0 Å². The topological polar surface area (TPSA) is 83.6 Å². The van der Waals surface area contributed by atoms with Gasteiger partial charge in [0, 0.05) is 18.6 Å². The predicted molar refractivity (Wildman–Crippen MR) is 118 cm³/mol. The fourth-order valence-corrected chi connectivity index (χ4v) is 9.89. The minimum Gasteiger partial charge on any atom is -0.310 e. The number of hydrogen-bond acceptors (Lipinski definition) is 7. The summed E-state index contributed by atoms with van der Waals surface area (Å²) in [5.41, 5.74) is 1.13. The first kappa shape index (κ1) is 22.4. The maximum Gasteiger partial charge on any atom is 0.193 e. The van der Waals surface area contributed by atoms with Crippen LogP contribution >= 0.6 is 11.3 Å². The lowest BCUT2D eigenvalue weighted by Crippen LogP contribution is -2.46. The number of nitrogens with zero attached hydrogens (tertiary/aromatic N) is 1. The molecule has 0 spiro atoms. The first-order valence-electron chi connectivity index (χ1n) is 9.78. The van der Waals surface area contributed by atoms with Crippen LogP contribution in [0.15, 0.2) is 52.1 Å². The van der Waals surface area contributed by atoms with Crippen LogP contribution in [0.4, 0.5) is 0 Å².